The first-order chi connectivity index (χ1) is 12.1. The minimum Gasteiger partial charge on any atom is -0.390 e. The molecule has 0 aliphatic carbocycles. The molecule has 4 rings (SSSR count). The Morgan fingerprint density at radius 2 is 2.12 bits per heavy atom. The molecule has 124 valence electrons. The van der Waals surface area contributed by atoms with Gasteiger partial charge in [-0.05, 0) is 31.2 Å². The van der Waals surface area contributed by atoms with Gasteiger partial charge in [-0.2, -0.15) is 0 Å². The second-order valence-electron chi connectivity index (χ2n) is 5.37. The minimum atomic E-state index is -0.911. The van der Waals surface area contributed by atoms with E-state index < -0.39 is 6.09 Å². The third kappa shape index (κ3) is 2.94. The molecule has 0 radical (unpaired) electrons. The molecule has 4 aromatic rings. The normalized spacial score (nSPS) is 10.9. The predicted octanol–water partition coefficient (Wildman–Crippen LogP) is 3.31. The quantitative estimate of drug-likeness (QED) is 0.611. The van der Waals surface area contributed by atoms with Gasteiger partial charge in [0.1, 0.15) is 0 Å². The van der Waals surface area contributed by atoms with Crippen molar-refractivity contribution >= 4 is 27.6 Å². The Morgan fingerprint density at radius 3 is 2.92 bits per heavy atom. The van der Waals surface area contributed by atoms with Gasteiger partial charge in [0.05, 0.1) is 21.4 Å². The van der Waals surface area contributed by atoms with E-state index in [1.54, 1.807) is 27.6 Å². The van der Waals surface area contributed by atoms with Crippen molar-refractivity contribution in [2.45, 2.75) is 6.92 Å². The SMILES string of the molecule is Cc1cccc(-n2nc(OC(N)=O)cc2-c2ccc3ncsc3c2)n1. The summed E-state index contributed by atoms with van der Waals surface area (Å²) in [6, 6.07) is 13.2. The molecule has 0 aliphatic heterocycles. The van der Waals surface area contributed by atoms with Gasteiger partial charge in [-0.3, -0.25) is 0 Å². The van der Waals surface area contributed by atoms with Gasteiger partial charge in [0, 0.05) is 17.3 Å². The van der Waals surface area contributed by atoms with E-state index in [0.717, 1.165) is 27.2 Å². The maximum Gasteiger partial charge on any atom is 0.411 e. The molecule has 8 heteroatoms. The van der Waals surface area contributed by atoms with E-state index in [4.69, 9.17) is 10.5 Å². The van der Waals surface area contributed by atoms with Crippen LogP contribution in [0.2, 0.25) is 0 Å². The number of carbonyl (C=O) groups excluding carboxylic acids is 1. The fourth-order valence-corrected chi connectivity index (χ4v) is 3.27. The van der Waals surface area contributed by atoms with Crippen LogP contribution in [0, 0.1) is 6.92 Å². The summed E-state index contributed by atoms with van der Waals surface area (Å²) < 4.78 is 7.64. The standard InChI is InChI=1S/C17H13N5O2S/c1-10-3-2-4-15(20-10)22-13(8-16(21-22)24-17(18)23)11-5-6-12-14(7-11)25-9-19-12/h2-9H,1H3,(H2,18,23). The molecule has 1 aromatic carbocycles. The van der Waals surface area contributed by atoms with Gasteiger partial charge in [-0.15, -0.1) is 16.4 Å². The fraction of sp³-hybridized carbons (Fsp3) is 0.0588. The molecule has 0 saturated carbocycles. The lowest BCUT2D eigenvalue weighted by Gasteiger charge is -2.07. The van der Waals surface area contributed by atoms with Gasteiger partial charge in [0.25, 0.3) is 0 Å². The molecular formula is C17H13N5O2S. The number of ether oxygens (including phenoxy) is 1. The van der Waals surface area contributed by atoms with Gasteiger partial charge in [-0.1, -0.05) is 12.1 Å². The molecule has 7 nitrogen and oxygen atoms in total. The average Bonchev–Trinajstić information content (AvgIpc) is 3.20. The molecule has 0 bridgehead atoms. The molecule has 1 amide bonds. The second-order valence-corrected chi connectivity index (χ2v) is 6.26. The van der Waals surface area contributed by atoms with Crippen molar-refractivity contribution in [2.75, 3.05) is 0 Å². The van der Waals surface area contributed by atoms with Crippen LogP contribution in [-0.2, 0) is 0 Å². The van der Waals surface area contributed by atoms with E-state index >= 15 is 0 Å². The highest BCUT2D eigenvalue weighted by atomic mass is 32.1. The average molecular weight is 351 g/mol. The first-order valence-electron chi connectivity index (χ1n) is 7.45. The summed E-state index contributed by atoms with van der Waals surface area (Å²) in [5, 5.41) is 4.32. The highest BCUT2D eigenvalue weighted by molar-refractivity contribution is 7.16. The summed E-state index contributed by atoms with van der Waals surface area (Å²) in [4.78, 5) is 19.9. The van der Waals surface area contributed by atoms with Gasteiger partial charge in [-0.25, -0.2) is 19.4 Å². The number of aromatic nitrogens is 4. The fourth-order valence-electron chi connectivity index (χ4n) is 2.55. The van der Waals surface area contributed by atoms with Crippen LogP contribution in [0.1, 0.15) is 5.69 Å². The number of carbonyl (C=O) groups is 1. The Hall–Kier alpha value is -3.26. The summed E-state index contributed by atoms with van der Waals surface area (Å²) in [6.07, 6.45) is -0.911. The Labute approximate surface area is 146 Å². The number of hydrogen-bond acceptors (Lipinski definition) is 6. The highest BCUT2D eigenvalue weighted by Crippen LogP contribution is 2.30. The van der Waals surface area contributed by atoms with Crippen molar-refractivity contribution in [1.29, 1.82) is 0 Å². The van der Waals surface area contributed by atoms with E-state index in [9.17, 15) is 4.79 Å². The van der Waals surface area contributed by atoms with E-state index in [-0.39, 0.29) is 5.88 Å². The molecule has 0 spiro atoms. The topological polar surface area (TPSA) is 95.9 Å². The van der Waals surface area contributed by atoms with Crippen LogP contribution >= 0.6 is 11.3 Å². The number of thiazole rings is 1. The first-order valence-corrected chi connectivity index (χ1v) is 8.33. The summed E-state index contributed by atoms with van der Waals surface area (Å²) in [7, 11) is 0. The van der Waals surface area contributed by atoms with Crippen LogP contribution in [0.15, 0.2) is 48.0 Å². The van der Waals surface area contributed by atoms with E-state index in [2.05, 4.69) is 15.1 Å². The number of pyridine rings is 1. The summed E-state index contributed by atoms with van der Waals surface area (Å²) in [5.41, 5.74) is 10.4. The molecular weight excluding hydrogens is 338 g/mol. The second kappa shape index (κ2) is 5.99. The summed E-state index contributed by atoms with van der Waals surface area (Å²) in [6.45, 7) is 1.90. The predicted molar refractivity (Wildman–Crippen MR) is 94.9 cm³/mol. The Kier molecular flexibility index (Phi) is 3.66. The minimum absolute atomic E-state index is 0.121. The van der Waals surface area contributed by atoms with Crippen LogP contribution in [0.4, 0.5) is 4.79 Å². The monoisotopic (exact) mass is 351 g/mol. The number of fused-ring (bicyclic) bond motifs is 1. The molecule has 0 aliphatic rings. The molecule has 0 saturated heterocycles. The van der Waals surface area contributed by atoms with Crippen LogP contribution < -0.4 is 10.5 Å². The summed E-state index contributed by atoms with van der Waals surface area (Å²) in [5.74, 6) is 0.744. The van der Waals surface area contributed by atoms with E-state index in [1.807, 2.05) is 43.3 Å². The van der Waals surface area contributed by atoms with Crippen LogP contribution in [0.25, 0.3) is 27.3 Å². The van der Waals surface area contributed by atoms with Gasteiger partial charge >= 0.3 is 6.09 Å². The van der Waals surface area contributed by atoms with Crippen LogP contribution in [-0.4, -0.2) is 25.8 Å². The summed E-state index contributed by atoms with van der Waals surface area (Å²) >= 11 is 1.56. The zero-order valence-electron chi connectivity index (χ0n) is 13.2. The van der Waals surface area contributed by atoms with Crippen molar-refractivity contribution in [3.63, 3.8) is 0 Å². The lowest BCUT2D eigenvalue weighted by molar-refractivity contribution is 0.208. The van der Waals surface area contributed by atoms with Crippen molar-refractivity contribution in [3.8, 4) is 23.0 Å². The lowest BCUT2D eigenvalue weighted by atomic mass is 10.1. The number of nitrogens with zero attached hydrogens (tertiary/aromatic N) is 4. The third-order valence-corrected chi connectivity index (χ3v) is 4.40. The van der Waals surface area contributed by atoms with E-state index in [0.29, 0.717) is 5.82 Å². The third-order valence-electron chi connectivity index (χ3n) is 3.61. The molecule has 0 unspecified atom stereocenters. The zero-order valence-corrected chi connectivity index (χ0v) is 14.0. The number of amides is 1. The van der Waals surface area contributed by atoms with Crippen molar-refractivity contribution in [2.24, 2.45) is 5.73 Å². The largest absolute Gasteiger partial charge is 0.411 e. The molecule has 0 atom stereocenters. The maximum atomic E-state index is 11.1. The van der Waals surface area contributed by atoms with Crippen molar-refractivity contribution < 1.29 is 9.53 Å². The Balaban J connectivity index is 1.89. The molecule has 3 aromatic heterocycles. The van der Waals surface area contributed by atoms with E-state index in [1.165, 1.54) is 0 Å². The van der Waals surface area contributed by atoms with Gasteiger partial charge < -0.3 is 10.5 Å². The maximum absolute atomic E-state index is 11.1. The molecule has 25 heavy (non-hydrogen) atoms. The Bertz CT molecular complexity index is 1090. The van der Waals surface area contributed by atoms with Crippen molar-refractivity contribution in [1.82, 2.24) is 19.7 Å². The Morgan fingerprint density at radius 1 is 1.24 bits per heavy atom. The molecule has 2 N–H and O–H groups in total. The number of primary amides is 1. The number of rotatable bonds is 3. The first kappa shape index (κ1) is 15.3. The number of nitrogens with two attached hydrogens (primary N) is 1. The van der Waals surface area contributed by atoms with Crippen molar-refractivity contribution in [3.05, 3.63) is 53.7 Å². The molecule has 0 fully saturated rings. The molecule has 3 heterocycles. The number of aryl methyl sites for hydroxylation is 1. The highest BCUT2D eigenvalue weighted by Gasteiger charge is 2.15. The van der Waals surface area contributed by atoms with Gasteiger partial charge in [0.15, 0.2) is 5.82 Å². The smallest absolute Gasteiger partial charge is 0.390 e. The van der Waals surface area contributed by atoms with Crippen LogP contribution in [0.3, 0.4) is 0 Å². The number of hydrogen-bond donors (Lipinski definition) is 1. The zero-order chi connectivity index (χ0) is 17.4. The van der Waals surface area contributed by atoms with Gasteiger partial charge in [0.2, 0.25) is 5.88 Å². The lowest BCUT2D eigenvalue weighted by Crippen LogP contribution is -2.16. The van der Waals surface area contributed by atoms with Crippen LogP contribution in [0.5, 0.6) is 5.88 Å². The number of benzene rings is 1.